The molecule has 4 nitrogen and oxygen atoms in total. The van der Waals surface area contributed by atoms with Crippen LogP contribution in [0, 0.1) is 6.92 Å². The van der Waals surface area contributed by atoms with Gasteiger partial charge in [-0.05, 0) is 19.1 Å². The molecule has 0 spiro atoms. The fourth-order valence-electron chi connectivity index (χ4n) is 1.77. The molecule has 90 valence electrons. The van der Waals surface area contributed by atoms with Gasteiger partial charge >= 0.3 is 0 Å². The van der Waals surface area contributed by atoms with Gasteiger partial charge in [-0.15, -0.1) is 0 Å². The zero-order chi connectivity index (χ0) is 12.3. The lowest BCUT2D eigenvalue weighted by Gasteiger charge is -2.04. The van der Waals surface area contributed by atoms with Crippen LogP contribution in [0.4, 0.5) is 0 Å². The third kappa shape index (κ3) is 2.50. The molecule has 0 aliphatic rings. The Labute approximate surface area is 104 Å². The smallest absolute Gasteiger partial charge is 0.242 e. The standard InChI is InChI=1S/C12H15N3OS/c1-9-14-10-4-2-3-5-11(10)15(9)12(16)8-17-7-6-13/h2-5H,6-8,13H2,1H3. The average molecular weight is 249 g/mol. The first-order valence-corrected chi connectivity index (χ1v) is 6.64. The highest BCUT2D eigenvalue weighted by molar-refractivity contribution is 7.99. The average Bonchev–Trinajstić information content (AvgIpc) is 2.65. The van der Waals surface area contributed by atoms with Crippen LogP contribution < -0.4 is 5.73 Å². The fraction of sp³-hybridized carbons (Fsp3) is 0.333. The largest absolute Gasteiger partial charge is 0.330 e. The maximum absolute atomic E-state index is 12.1. The van der Waals surface area contributed by atoms with Gasteiger partial charge in [0.25, 0.3) is 0 Å². The molecular weight excluding hydrogens is 234 g/mol. The van der Waals surface area contributed by atoms with Gasteiger partial charge in [0.05, 0.1) is 16.8 Å². The Balaban J connectivity index is 2.28. The summed E-state index contributed by atoms with van der Waals surface area (Å²) in [7, 11) is 0. The molecule has 2 rings (SSSR count). The number of benzene rings is 1. The summed E-state index contributed by atoms with van der Waals surface area (Å²) in [6.45, 7) is 2.45. The molecule has 0 aliphatic carbocycles. The molecule has 0 amide bonds. The predicted molar refractivity (Wildman–Crippen MR) is 71.5 cm³/mol. The number of nitrogens with zero attached hydrogens (tertiary/aromatic N) is 2. The van der Waals surface area contributed by atoms with Crippen LogP contribution in [0.1, 0.15) is 10.6 Å². The van der Waals surface area contributed by atoms with Gasteiger partial charge in [0, 0.05) is 12.3 Å². The van der Waals surface area contributed by atoms with Gasteiger partial charge in [-0.25, -0.2) is 4.98 Å². The molecule has 0 saturated heterocycles. The summed E-state index contributed by atoms with van der Waals surface area (Å²) in [6, 6.07) is 7.67. The molecule has 0 atom stereocenters. The van der Waals surface area contributed by atoms with Crippen molar-refractivity contribution in [2.45, 2.75) is 6.92 Å². The van der Waals surface area contributed by atoms with Crippen molar-refractivity contribution >= 4 is 28.7 Å². The number of nitrogens with two attached hydrogens (primary N) is 1. The Morgan fingerprint density at radius 3 is 3.00 bits per heavy atom. The number of imidazole rings is 1. The van der Waals surface area contributed by atoms with E-state index in [0.717, 1.165) is 22.6 Å². The molecule has 0 saturated carbocycles. The Morgan fingerprint density at radius 2 is 2.24 bits per heavy atom. The normalized spacial score (nSPS) is 10.9. The van der Waals surface area contributed by atoms with Crippen molar-refractivity contribution in [2.75, 3.05) is 18.1 Å². The molecule has 0 aliphatic heterocycles. The highest BCUT2D eigenvalue weighted by atomic mass is 32.2. The lowest BCUT2D eigenvalue weighted by Crippen LogP contribution is -2.16. The van der Waals surface area contributed by atoms with E-state index in [1.807, 2.05) is 31.2 Å². The van der Waals surface area contributed by atoms with E-state index >= 15 is 0 Å². The summed E-state index contributed by atoms with van der Waals surface area (Å²) in [6.07, 6.45) is 0. The Bertz CT molecular complexity index is 536. The third-order valence-electron chi connectivity index (χ3n) is 2.47. The van der Waals surface area contributed by atoms with E-state index in [2.05, 4.69) is 4.98 Å². The molecule has 1 aromatic heterocycles. The van der Waals surface area contributed by atoms with Crippen LogP contribution in [0.5, 0.6) is 0 Å². The molecule has 17 heavy (non-hydrogen) atoms. The molecule has 0 unspecified atom stereocenters. The molecule has 0 bridgehead atoms. The quantitative estimate of drug-likeness (QED) is 0.837. The minimum absolute atomic E-state index is 0.0645. The van der Waals surface area contributed by atoms with Crippen molar-refractivity contribution < 1.29 is 4.79 Å². The monoisotopic (exact) mass is 249 g/mol. The number of rotatable bonds is 4. The fourth-order valence-corrected chi connectivity index (χ4v) is 2.38. The van der Waals surface area contributed by atoms with E-state index in [4.69, 9.17) is 5.73 Å². The first-order chi connectivity index (χ1) is 8.24. The second-order valence-electron chi connectivity index (χ2n) is 3.72. The lowest BCUT2D eigenvalue weighted by atomic mass is 10.3. The number of aromatic nitrogens is 2. The van der Waals surface area contributed by atoms with E-state index in [1.54, 1.807) is 16.3 Å². The highest BCUT2D eigenvalue weighted by Gasteiger charge is 2.13. The van der Waals surface area contributed by atoms with Crippen LogP contribution in [-0.4, -0.2) is 33.5 Å². The molecule has 5 heteroatoms. The van der Waals surface area contributed by atoms with Crippen molar-refractivity contribution in [1.29, 1.82) is 0 Å². The van der Waals surface area contributed by atoms with Gasteiger partial charge in [-0.2, -0.15) is 11.8 Å². The Hall–Kier alpha value is -1.33. The number of hydrogen-bond donors (Lipinski definition) is 1. The highest BCUT2D eigenvalue weighted by Crippen LogP contribution is 2.16. The molecular formula is C12H15N3OS. The van der Waals surface area contributed by atoms with E-state index in [1.165, 1.54) is 0 Å². The number of carbonyl (C=O) groups is 1. The van der Waals surface area contributed by atoms with Gasteiger partial charge in [-0.3, -0.25) is 9.36 Å². The second-order valence-corrected chi connectivity index (χ2v) is 4.82. The minimum atomic E-state index is 0.0645. The van der Waals surface area contributed by atoms with Gasteiger partial charge in [0.2, 0.25) is 5.91 Å². The van der Waals surface area contributed by atoms with Crippen LogP contribution in [0.15, 0.2) is 24.3 Å². The number of aryl methyl sites for hydroxylation is 1. The minimum Gasteiger partial charge on any atom is -0.330 e. The predicted octanol–water partition coefficient (Wildman–Crippen LogP) is 1.68. The van der Waals surface area contributed by atoms with Crippen LogP contribution >= 0.6 is 11.8 Å². The van der Waals surface area contributed by atoms with E-state index in [-0.39, 0.29) is 5.91 Å². The van der Waals surface area contributed by atoms with Crippen molar-refractivity contribution in [2.24, 2.45) is 5.73 Å². The summed E-state index contributed by atoms with van der Waals surface area (Å²) in [5.41, 5.74) is 7.14. The molecule has 2 aromatic rings. The van der Waals surface area contributed by atoms with Crippen LogP contribution in [0.2, 0.25) is 0 Å². The number of para-hydroxylation sites is 2. The first kappa shape index (κ1) is 12.1. The molecule has 0 fully saturated rings. The summed E-state index contributed by atoms with van der Waals surface area (Å²) in [5.74, 6) is 2.05. The summed E-state index contributed by atoms with van der Waals surface area (Å²) < 4.78 is 1.68. The summed E-state index contributed by atoms with van der Waals surface area (Å²) >= 11 is 1.55. The maximum Gasteiger partial charge on any atom is 0.242 e. The van der Waals surface area contributed by atoms with E-state index in [9.17, 15) is 4.79 Å². The van der Waals surface area contributed by atoms with Crippen molar-refractivity contribution in [3.63, 3.8) is 0 Å². The molecule has 2 N–H and O–H groups in total. The second kappa shape index (κ2) is 5.33. The zero-order valence-corrected chi connectivity index (χ0v) is 10.5. The summed E-state index contributed by atoms with van der Waals surface area (Å²) in [4.78, 5) is 16.4. The SMILES string of the molecule is Cc1nc2ccccc2n1C(=O)CSCCN. The number of fused-ring (bicyclic) bond motifs is 1. The number of thioether (sulfide) groups is 1. The maximum atomic E-state index is 12.1. The Morgan fingerprint density at radius 1 is 1.47 bits per heavy atom. The van der Waals surface area contributed by atoms with E-state index in [0.29, 0.717) is 12.3 Å². The zero-order valence-electron chi connectivity index (χ0n) is 9.72. The van der Waals surface area contributed by atoms with Crippen molar-refractivity contribution in [3.8, 4) is 0 Å². The van der Waals surface area contributed by atoms with Crippen LogP contribution in [-0.2, 0) is 0 Å². The number of hydrogen-bond acceptors (Lipinski definition) is 4. The van der Waals surface area contributed by atoms with E-state index < -0.39 is 0 Å². The Kier molecular flexibility index (Phi) is 3.81. The first-order valence-electron chi connectivity index (χ1n) is 5.49. The van der Waals surface area contributed by atoms with Crippen molar-refractivity contribution in [3.05, 3.63) is 30.1 Å². The molecule has 1 heterocycles. The van der Waals surface area contributed by atoms with Crippen molar-refractivity contribution in [1.82, 2.24) is 9.55 Å². The molecule has 0 radical (unpaired) electrons. The topological polar surface area (TPSA) is 60.9 Å². The lowest BCUT2D eigenvalue weighted by molar-refractivity contribution is 0.0944. The number of carbonyl (C=O) groups excluding carboxylic acids is 1. The van der Waals surface area contributed by atoms with Gasteiger partial charge in [0.1, 0.15) is 5.82 Å². The van der Waals surface area contributed by atoms with Crippen LogP contribution in [0.25, 0.3) is 11.0 Å². The van der Waals surface area contributed by atoms with Gasteiger partial charge < -0.3 is 5.73 Å². The van der Waals surface area contributed by atoms with Gasteiger partial charge in [0.15, 0.2) is 0 Å². The van der Waals surface area contributed by atoms with Crippen LogP contribution in [0.3, 0.4) is 0 Å². The van der Waals surface area contributed by atoms with Gasteiger partial charge in [-0.1, -0.05) is 12.1 Å². The molecule has 1 aromatic carbocycles. The summed E-state index contributed by atoms with van der Waals surface area (Å²) in [5, 5.41) is 0. The third-order valence-corrected chi connectivity index (χ3v) is 3.44.